The summed E-state index contributed by atoms with van der Waals surface area (Å²) in [5.41, 5.74) is 1.28. The van der Waals surface area contributed by atoms with Crippen LogP contribution in [0.1, 0.15) is 15.9 Å². The van der Waals surface area contributed by atoms with Gasteiger partial charge in [-0.3, -0.25) is 0 Å². The van der Waals surface area contributed by atoms with E-state index in [2.05, 4.69) is 0 Å². The minimum atomic E-state index is -1.33. The summed E-state index contributed by atoms with van der Waals surface area (Å²) in [5, 5.41) is 29.0. The summed E-state index contributed by atoms with van der Waals surface area (Å²) in [6.45, 7) is -0.159. The summed E-state index contributed by atoms with van der Waals surface area (Å²) in [4.78, 5) is 12.3. The fourth-order valence-corrected chi connectivity index (χ4v) is 2.78. The van der Waals surface area contributed by atoms with E-state index < -0.39 is 37.0 Å². The maximum absolute atomic E-state index is 12.3. The van der Waals surface area contributed by atoms with Gasteiger partial charge in [-0.05, 0) is 29.8 Å². The van der Waals surface area contributed by atoms with Gasteiger partial charge in [-0.1, -0.05) is 30.3 Å². The van der Waals surface area contributed by atoms with Crippen LogP contribution in [-0.4, -0.2) is 58.9 Å². The predicted octanol–water partition coefficient (Wildman–Crippen LogP) is 0.904. The minimum absolute atomic E-state index is 0.131. The molecule has 1 saturated heterocycles. The molecule has 7 nitrogen and oxygen atoms in total. The Bertz CT molecular complexity index is 730. The zero-order chi connectivity index (χ0) is 19.2. The summed E-state index contributed by atoms with van der Waals surface area (Å²) >= 11 is 0. The third-order valence-electron chi connectivity index (χ3n) is 4.34. The first-order chi connectivity index (χ1) is 13.1. The molecule has 2 aromatic rings. The molecule has 0 aliphatic carbocycles. The molecule has 0 saturated carbocycles. The van der Waals surface area contributed by atoms with Crippen LogP contribution in [0.15, 0.2) is 54.6 Å². The van der Waals surface area contributed by atoms with Gasteiger partial charge in [0.1, 0.15) is 30.7 Å². The Morgan fingerprint density at radius 3 is 2.44 bits per heavy atom. The van der Waals surface area contributed by atoms with Gasteiger partial charge >= 0.3 is 5.97 Å². The van der Waals surface area contributed by atoms with E-state index in [4.69, 9.17) is 14.2 Å². The average Bonchev–Trinajstić information content (AvgIpc) is 2.71. The molecule has 1 aliphatic rings. The molecule has 27 heavy (non-hydrogen) atoms. The van der Waals surface area contributed by atoms with Gasteiger partial charge in [0.05, 0.1) is 18.8 Å². The van der Waals surface area contributed by atoms with E-state index in [1.165, 1.54) is 0 Å². The lowest BCUT2D eigenvalue weighted by atomic mass is 10.00. The van der Waals surface area contributed by atoms with Crippen molar-refractivity contribution in [1.29, 1.82) is 0 Å². The first-order valence-corrected chi connectivity index (χ1v) is 8.65. The molecule has 0 aromatic heterocycles. The monoisotopic (exact) mass is 374 g/mol. The number of carbonyl (C=O) groups is 1. The highest BCUT2D eigenvalue weighted by atomic mass is 16.6. The van der Waals surface area contributed by atoms with E-state index >= 15 is 0 Å². The van der Waals surface area contributed by atoms with Crippen molar-refractivity contribution in [3.63, 3.8) is 0 Å². The number of carbonyl (C=O) groups excluding carboxylic acids is 1. The van der Waals surface area contributed by atoms with Crippen molar-refractivity contribution in [3.05, 3.63) is 65.7 Å². The van der Waals surface area contributed by atoms with E-state index in [0.717, 1.165) is 5.56 Å². The fraction of sp³-hybridized carbons (Fsp3) is 0.350. The number of ether oxygens (including phenoxy) is 3. The number of rotatable bonds is 6. The van der Waals surface area contributed by atoms with Crippen LogP contribution in [0.3, 0.4) is 0 Å². The lowest BCUT2D eigenvalue weighted by Gasteiger charge is -2.36. The van der Waals surface area contributed by atoms with E-state index in [1.54, 1.807) is 24.3 Å². The van der Waals surface area contributed by atoms with Crippen molar-refractivity contribution in [2.24, 2.45) is 0 Å². The smallest absolute Gasteiger partial charge is 0.338 e. The predicted molar refractivity (Wildman–Crippen MR) is 95.3 cm³/mol. The zero-order valence-electron chi connectivity index (χ0n) is 14.6. The summed E-state index contributed by atoms with van der Waals surface area (Å²) in [7, 11) is 0. The molecule has 7 heteroatoms. The number of benzene rings is 2. The van der Waals surface area contributed by atoms with Gasteiger partial charge in [0, 0.05) is 0 Å². The van der Waals surface area contributed by atoms with Gasteiger partial charge < -0.3 is 29.5 Å². The molecule has 1 heterocycles. The van der Waals surface area contributed by atoms with Crippen LogP contribution in [0, 0.1) is 0 Å². The largest absolute Gasteiger partial charge is 0.489 e. The van der Waals surface area contributed by atoms with Crippen LogP contribution in [0.2, 0.25) is 0 Å². The van der Waals surface area contributed by atoms with Crippen LogP contribution in [-0.2, 0) is 16.1 Å². The second-order valence-corrected chi connectivity index (χ2v) is 6.28. The van der Waals surface area contributed by atoms with Gasteiger partial charge in [-0.2, -0.15) is 0 Å². The van der Waals surface area contributed by atoms with Crippen molar-refractivity contribution in [2.45, 2.75) is 31.0 Å². The molecule has 0 unspecified atom stereocenters. The normalized spacial score (nSPS) is 25.0. The number of aliphatic hydroxyl groups excluding tert-OH is 3. The Morgan fingerprint density at radius 1 is 1.07 bits per heavy atom. The van der Waals surface area contributed by atoms with Crippen molar-refractivity contribution in [1.82, 2.24) is 0 Å². The van der Waals surface area contributed by atoms with E-state index in [0.29, 0.717) is 12.4 Å². The quantitative estimate of drug-likeness (QED) is 0.645. The van der Waals surface area contributed by atoms with Crippen LogP contribution in [0.4, 0.5) is 0 Å². The summed E-state index contributed by atoms with van der Waals surface area (Å²) in [5.74, 6) is -0.0927. The topological polar surface area (TPSA) is 105 Å². The Kier molecular flexibility index (Phi) is 6.41. The standard InChI is InChI=1S/C20H22O7/c21-10-17-19(18(23)16(22)12-26-17)27-20(24)14-6-8-15(9-7-14)25-11-13-4-2-1-3-5-13/h1-9,16-19,21-23H,10-12H2/t16-,17+,18+,19+/m0/s1. The highest BCUT2D eigenvalue weighted by Crippen LogP contribution is 2.21. The second-order valence-electron chi connectivity index (χ2n) is 6.28. The SMILES string of the molecule is O=C(O[C@H]1[C@H](O)[C@@H](O)CO[C@@H]1CO)c1ccc(OCc2ccccc2)cc1. The highest BCUT2D eigenvalue weighted by molar-refractivity contribution is 5.89. The van der Waals surface area contributed by atoms with Gasteiger partial charge in [-0.15, -0.1) is 0 Å². The minimum Gasteiger partial charge on any atom is -0.489 e. The number of aliphatic hydroxyl groups is 3. The Balaban J connectivity index is 1.59. The first kappa shape index (κ1) is 19.3. The lowest BCUT2D eigenvalue weighted by molar-refractivity contribution is -0.196. The molecule has 0 bridgehead atoms. The van der Waals surface area contributed by atoms with E-state index in [-0.39, 0.29) is 12.2 Å². The van der Waals surface area contributed by atoms with Crippen LogP contribution in [0.25, 0.3) is 0 Å². The van der Waals surface area contributed by atoms with Crippen molar-refractivity contribution in [2.75, 3.05) is 13.2 Å². The van der Waals surface area contributed by atoms with Crippen LogP contribution in [0.5, 0.6) is 5.75 Å². The molecule has 0 amide bonds. The summed E-state index contributed by atoms with van der Waals surface area (Å²) < 4.78 is 16.1. The van der Waals surface area contributed by atoms with Crippen LogP contribution < -0.4 is 4.74 Å². The molecule has 0 radical (unpaired) electrons. The van der Waals surface area contributed by atoms with Gasteiger partial charge in [0.2, 0.25) is 0 Å². The second kappa shape index (κ2) is 8.96. The molecule has 4 atom stereocenters. The van der Waals surface area contributed by atoms with Crippen molar-refractivity contribution < 1.29 is 34.3 Å². The maximum atomic E-state index is 12.3. The summed E-state index contributed by atoms with van der Waals surface area (Å²) in [6.07, 6.45) is -4.55. The zero-order valence-corrected chi connectivity index (χ0v) is 14.6. The molecule has 144 valence electrons. The molecular formula is C20H22O7. The third kappa shape index (κ3) is 4.84. The number of hydrogen-bond donors (Lipinski definition) is 3. The molecule has 3 rings (SSSR count). The lowest BCUT2D eigenvalue weighted by Crippen LogP contribution is -2.55. The number of esters is 1. The van der Waals surface area contributed by atoms with Gasteiger partial charge in [0.15, 0.2) is 6.10 Å². The van der Waals surface area contributed by atoms with Gasteiger partial charge in [0.25, 0.3) is 0 Å². The molecule has 2 aromatic carbocycles. The molecule has 3 N–H and O–H groups in total. The van der Waals surface area contributed by atoms with E-state index in [9.17, 15) is 20.1 Å². The Hall–Kier alpha value is -2.45. The van der Waals surface area contributed by atoms with Crippen molar-refractivity contribution in [3.8, 4) is 5.75 Å². The molecule has 0 spiro atoms. The third-order valence-corrected chi connectivity index (χ3v) is 4.34. The Morgan fingerprint density at radius 2 is 1.78 bits per heavy atom. The molecule has 1 aliphatic heterocycles. The Labute approximate surface area is 156 Å². The van der Waals surface area contributed by atoms with Gasteiger partial charge in [-0.25, -0.2) is 4.79 Å². The highest BCUT2D eigenvalue weighted by Gasteiger charge is 2.41. The first-order valence-electron chi connectivity index (χ1n) is 8.65. The fourth-order valence-electron chi connectivity index (χ4n) is 2.78. The molecular weight excluding hydrogens is 352 g/mol. The van der Waals surface area contributed by atoms with Crippen molar-refractivity contribution >= 4 is 5.97 Å². The molecule has 1 fully saturated rings. The maximum Gasteiger partial charge on any atom is 0.338 e. The summed E-state index contributed by atoms with van der Waals surface area (Å²) in [6, 6.07) is 16.1. The average molecular weight is 374 g/mol. The number of hydrogen-bond acceptors (Lipinski definition) is 7. The van der Waals surface area contributed by atoms with E-state index in [1.807, 2.05) is 30.3 Å². The van der Waals surface area contributed by atoms with Crippen LogP contribution >= 0.6 is 0 Å².